The summed E-state index contributed by atoms with van der Waals surface area (Å²) >= 11 is 6.16. The summed E-state index contributed by atoms with van der Waals surface area (Å²) < 4.78 is 21.9. The van der Waals surface area contributed by atoms with E-state index < -0.39 is 0 Å². The van der Waals surface area contributed by atoms with Crippen LogP contribution in [-0.4, -0.2) is 57.7 Å². The average Bonchev–Trinajstić information content (AvgIpc) is 2.73. The fourth-order valence-corrected chi connectivity index (χ4v) is 3.35. The number of nitrogens with zero attached hydrogens (tertiary/aromatic N) is 3. The summed E-state index contributed by atoms with van der Waals surface area (Å²) in [7, 11) is 3.27. The first kappa shape index (κ1) is 19.7. The van der Waals surface area contributed by atoms with E-state index in [1.807, 2.05) is 35.2 Å². The molecular formula is C21H22ClN3O4. The molecular weight excluding hydrogens is 394 g/mol. The van der Waals surface area contributed by atoms with Gasteiger partial charge in [-0.15, -0.1) is 0 Å². The van der Waals surface area contributed by atoms with Crippen LogP contribution in [-0.2, 0) is 16.0 Å². The minimum atomic E-state index is 0.411. The van der Waals surface area contributed by atoms with Gasteiger partial charge in [-0.1, -0.05) is 17.7 Å². The van der Waals surface area contributed by atoms with Crippen molar-refractivity contribution in [3.8, 4) is 11.5 Å². The highest BCUT2D eigenvalue weighted by atomic mass is 35.5. The van der Waals surface area contributed by atoms with Crippen molar-refractivity contribution in [2.75, 3.05) is 40.6 Å². The average molecular weight is 416 g/mol. The second-order valence-corrected chi connectivity index (χ2v) is 7.02. The van der Waals surface area contributed by atoms with Crippen LogP contribution in [0.25, 0.3) is 0 Å². The Morgan fingerprint density at radius 2 is 1.66 bits per heavy atom. The molecule has 0 aliphatic carbocycles. The van der Waals surface area contributed by atoms with Crippen LogP contribution in [0, 0.1) is 0 Å². The van der Waals surface area contributed by atoms with Crippen LogP contribution in [0.2, 0.25) is 5.02 Å². The summed E-state index contributed by atoms with van der Waals surface area (Å²) in [6.45, 7) is 2.47. The number of hydrogen-bond donors (Lipinski definition) is 0. The standard InChI is InChI=1S/C21H22ClN3O4/c1-26-5-7-28-19-10-16-18(11-20(19)29-8-6-27-2)23-13-25-12-14-3-4-15(22)9-17(14)24-21(16)25/h3-4,9-11,13H,5-8,12H2,1-2H3. The van der Waals surface area contributed by atoms with Crippen molar-refractivity contribution in [3.05, 3.63) is 46.5 Å². The Morgan fingerprint density at radius 3 is 2.38 bits per heavy atom. The molecule has 0 saturated carbocycles. The number of fused-ring (bicyclic) bond motifs is 4. The lowest BCUT2D eigenvalue weighted by atomic mass is 10.0. The van der Waals surface area contributed by atoms with Gasteiger partial charge < -0.3 is 23.8 Å². The third kappa shape index (κ3) is 4.22. The van der Waals surface area contributed by atoms with Crippen molar-refractivity contribution < 1.29 is 18.9 Å². The molecule has 2 aromatic carbocycles. The second-order valence-electron chi connectivity index (χ2n) is 6.58. The van der Waals surface area contributed by atoms with Crippen LogP contribution < -0.4 is 9.47 Å². The van der Waals surface area contributed by atoms with Gasteiger partial charge >= 0.3 is 0 Å². The van der Waals surface area contributed by atoms with Crippen LogP contribution in [0.15, 0.2) is 40.3 Å². The fourth-order valence-electron chi connectivity index (χ4n) is 3.18. The molecule has 0 N–H and O–H groups in total. The smallest absolute Gasteiger partial charge is 0.163 e. The maximum Gasteiger partial charge on any atom is 0.163 e. The Labute approximate surface area is 174 Å². The fraction of sp³-hybridized carbons (Fsp3) is 0.333. The van der Waals surface area contributed by atoms with E-state index in [0.717, 1.165) is 28.3 Å². The first-order chi connectivity index (χ1) is 14.2. The van der Waals surface area contributed by atoms with Crippen LogP contribution >= 0.6 is 11.6 Å². The van der Waals surface area contributed by atoms with Crippen molar-refractivity contribution in [3.63, 3.8) is 0 Å². The molecule has 0 atom stereocenters. The van der Waals surface area contributed by atoms with Gasteiger partial charge in [-0.05, 0) is 23.8 Å². The Bertz CT molecular complexity index is 961. The molecule has 0 amide bonds. The van der Waals surface area contributed by atoms with E-state index in [1.165, 1.54) is 0 Å². The third-order valence-electron chi connectivity index (χ3n) is 4.62. The SMILES string of the molecule is COCCOc1cc2c(cc1OCCOC)C1=Nc3cc(Cl)ccc3CN1C=N2. The summed E-state index contributed by atoms with van der Waals surface area (Å²) in [6, 6.07) is 9.54. The van der Waals surface area contributed by atoms with Crippen molar-refractivity contribution in [2.45, 2.75) is 6.54 Å². The number of ether oxygens (including phenoxy) is 4. The lowest BCUT2D eigenvalue weighted by Crippen LogP contribution is -2.34. The Morgan fingerprint density at radius 1 is 0.931 bits per heavy atom. The molecule has 0 aromatic heterocycles. The minimum absolute atomic E-state index is 0.411. The summed E-state index contributed by atoms with van der Waals surface area (Å²) in [5.41, 5.74) is 3.62. The number of amidine groups is 1. The van der Waals surface area contributed by atoms with E-state index in [2.05, 4.69) is 4.99 Å². The van der Waals surface area contributed by atoms with Crippen LogP contribution in [0.3, 0.4) is 0 Å². The van der Waals surface area contributed by atoms with Crippen molar-refractivity contribution in [1.29, 1.82) is 0 Å². The van der Waals surface area contributed by atoms with Crippen LogP contribution in [0.4, 0.5) is 11.4 Å². The topological polar surface area (TPSA) is 64.9 Å². The predicted molar refractivity (Wildman–Crippen MR) is 113 cm³/mol. The largest absolute Gasteiger partial charge is 0.487 e. The number of benzene rings is 2. The maximum absolute atomic E-state index is 6.16. The first-order valence-corrected chi connectivity index (χ1v) is 9.67. The van der Waals surface area contributed by atoms with Gasteiger partial charge in [0, 0.05) is 30.9 Å². The molecule has 0 unspecified atom stereocenters. The molecule has 2 heterocycles. The zero-order chi connectivity index (χ0) is 20.2. The van der Waals surface area contributed by atoms with Crippen molar-refractivity contribution in [2.24, 2.45) is 9.98 Å². The molecule has 2 aliphatic rings. The summed E-state index contributed by atoms with van der Waals surface area (Å²) in [5, 5.41) is 0.664. The molecule has 0 saturated heterocycles. The van der Waals surface area contributed by atoms with Gasteiger partial charge in [0.25, 0.3) is 0 Å². The highest BCUT2D eigenvalue weighted by Gasteiger charge is 2.27. The molecule has 8 heteroatoms. The summed E-state index contributed by atoms with van der Waals surface area (Å²) in [6.07, 6.45) is 1.79. The van der Waals surface area contributed by atoms with Gasteiger partial charge in [0.15, 0.2) is 11.5 Å². The molecule has 0 spiro atoms. The number of methoxy groups -OCH3 is 2. The predicted octanol–water partition coefficient (Wildman–Crippen LogP) is 3.96. The van der Waals surface area contributed by atoms with E-state index in [0.29, 0.717) is 49.5 Å². The normalized spacial score (nSPS) is 14.0. The maximum atomic E-state index is 6.16. The quantitative estimate of drug-likeness (QED) is 0.610. The monoisotopic (exact) mass is 415 g/mol. The first-order valence-electron chi connectivity index (χ1n) is 9.29. The molecule has 29 heavy (non-hydrogen) atoms. The van der Waals surface area contributed by atoms with E-state index in [-0.39, 0.29) is 0 Å². The lowest BCUT2D eigenvalue weighted by molar-refractivity contribution is 0.132. The Balaban J connectivity index is 1.72. The molecule has 2 aliphatic heterocycles. The van der Waals surface area contributed by atoms with Gasteiger partial charge in [-0.3, -0.25) is 0 Å². The Kier molecular flexibility index (Phi) is 5.99. The molecule has 0 radical (unpaired) electrons. The molecule has 152 valence electrons. The minimum Gasteiger partial charge on any atom is -0.487 e. The van der Waals surface area contributed by atoms with Gasteiger partial charge in [-0.25, -0.2) is 9.98 Å². The highest BCUT2D eigenvalue weighted by molar-refractivity contribution is 6.31. The van der Waals surface area contributed by atoms with E-state index in [9.17, 15) is 0 Å². The van der Waals surface area contributed by atoms with Gasteiger partial charge in [0.2, 0.25) is 0 Å². The number of aliphatic imine (C=N–C) groups is 2. The number of hydrogen-bond acceptors (Lipinski definition) is 7. The summed E-state index contributed by atoms with van der Waals surface area (Å²) in [5.74, 6) is 2.04. The summed E-state index contributed by atoms with van der Waals surface area (Å²) in [4.78, 5) is 11.5. The van der Waals surface area contributed by atoms with Gasteiger partial charge in [0.1, 0.15) is 19.0 Å². The molecule has 0 bridgehead atoms. The molecule has 2 aromatic rings. The molecule has 0 fully saturated rings. The number of halogens is 1. The lowest BCUT2D eigenvalue weighted by Gasteiger charge is -2.30. The molecule has 4 rings (SSSR count). The van der Waals surface area contributed by atoms with Gasteiger partial charge in [-0.2, -0.15) is 0 Å². The van der Waals surface area contributed by atoms with Crippen LogP contribution in [0.1, 0.15) is 11.1 Å². The number of rotatable bonds is 8. The second kappa shape index (κ2) is 8.82. The zero-order valence-electron chi connectivity index (χ0n) is 16.4. The highest BCUT2D eigenvalue weighted by Crippen LogP contribution is 2.40. The van der Waals surface area contributed by atoms with Crippen molar-refractivity contribution >= 4 is 35.1 Å². The van der Waals surface area contributed by atoms with E-state index >= 15 is 0 Å². The third-order valence-corrected chi connectivity index (χ3v) is 4.85. The Hall–Kier alpha value is -2.61. The van der Waals surface area contributed by atoms with Crippen molar-refractivity contribution in [1.82, 2.24) is 4.90 Å². The van der Waals surface area contributed by atoms with Gasteiger partial charge in [0.05, 0.1) is 37.5 Å². The van der Waals surface area contributed by atoms with Crippen LogP contribution in [0.5, 0.6) is 11.5 Å². The van der Waals surface area contributed by atoms with E-state index in [4.69, 9.17) is 35.5 Å². The van der Waals surface area contributed by atoms with E-state index in [1.54, 1.807) is 20.6 Å². The zero-order valence-corrected chi connectivity index (χ0v) is 17.1. The molecule has 7 nitrogen and oxygen atoms in total.